The van der Waals surface area contributed by atoms with Gasteiger partial charge in [0.1, 0.15) is 0 Å². The molecular weight excluding hydrogens is 206 g/mol. The maximum atomic E-state index is 8.83. The van der Waals surface area contributed by atoms with E-state index >= 15 is 0 Å². The molecule has 1 aromatic carbocycles. The number of fused-ring (bicyclic) bond motifs is 1. The number of aliphatic hydroxyl groups excluding tert-OH is 1. The fourth-order valence-electron chi connectivity index (χ4n) is 1.84. The minimum atomic E-state index is -0.441. The van der Waals surface area contributed by atoms with E-state index in [1.807, 2.05) is 25.1 Å². The van der Waals surface area contributed by atoms with Crippen LogP contribution in [-0.2, 0) is 5.54 Å². The van der Waals surface area contributed by atoms with E-state index in [0.717, 1.165) is 23.5 Å². The van der Waals surface area contributed by atoms with Gasteiger partial charge in [0, 0.05) is 12.1 Å². The molecule has 2 rings (SSSR count). The number of hydrogen-bond donors (Lipinski definition) is 2. The normalized spacial score (nSPS) is 17.2. The predicted octanol–water partition coefficient (Wildman–Crippen LogP) is 1.36. The van der Waals surface area contributed by atoms with Crippen molar-refractivity contribution < 1.29 is 14.6 Å². The van der Waals surface area contributed by atoms with Gasteiger partial charge < -0.3 is 20.3 Å². The van der Waals surface area contributed by atoms with E-state index in [1.54, 1.807) is 0 Å². The van der Waals surface area contributed by atoms with Gasteiger partial charge >= 0.3 is 0 Å². The molecule has 16 heavy (non-hydrogen) atoms. The molecule has 0 saturated heterocycles. The summed E-state index contributed by atoms with van der Waals surface area (Å²) in [7, 11) is 0. The molecule has 0 aromatic heterocycles. The van der Waals surface area contributed by atoms with E-state index < -0.39 is 5.54 Å². The predicted molar refractivity (Wildman–Crippen MR) is 60.4 cm³/mol. The van der Waals surface area contributed by atoms with Crippen LogP contribution in [0.3, 0.4) is 0 Å². The number of rotatable bonds is 4. The van der Waals surface area contributed by atoms with Gasteiger partial charge in [0.05, 0.1) is 0 Å². The summed E-state index contributed by atoms with van der Waals surface area (Å²) < 4.78 is 10.6. The lowest BCUT2D eigenvalue weighted by Gasteiger charge is -2.25. The van der Waals surface area contributed by atoms with Crippen molar-refractivity contribution in [3.63, 3.8) is 0 Å². The first kappa shape index (κ1) is 11.2. The van der Waals surface area contributed by atoms with Crippen LogP contribution in [0.4, 0.5) is 0 Å². The highest BCUT2D eigenvalue weighted by molar-refractivity contribution is 5.46. The Morgan fingerprint density at radius 2 is 2.12 bits per heavy atom. The van der Waals surface area contributed by atoms with Gasteiger partial charge in [-0.15, -0.1) is 0 Å². The molecule has 0 saturated carbocycles. The molecule has 1 aliphatic rings. The zero-order chi connectivity index (χ0) is 11.6. The molecule has 0 spiro atoms. The highest BCUT2D eigenvalue weighted by Gasteiger charge is 2.23. The summed E-state index contributed by atoms with van der Waals surface area (Å²) in [6, 6.07) is 5.74. The molecule has 1 atom stereocenters. The summed E-state index contributed by atoms with van der Waals surface area (Å²) in [5, 5.41) is 8.83. The first-order valence-electron chi connectivity index (χ1n) is 5.43. The molecule has 0 fully saturated rings. The average molecular weight is 223 g/mol. The lowest BCUT2D eigenvalue weighted by atomic mass is 9.88. The van der Waals surface area contributed by atoms with Crippen molar-refractivity contribution in [3.8, 4) is 11.5 Å². The van der Waals surface area contributed by atoms with Crippen molar-refractivity contribution in [1.29, 1.82) is 0 Å². The van der Waals surface area contributed by atoms with E-state index in [2.05, 4.69) is 0 Å². The Morgan fingerprint density at radius 1 is 1.38 bits per heavy atom. The monoisotopic (exact) mass is 223 g/mol. The van der Waals surface area contributed by atoms with Crippen LogP contribution in [0.2, 0.25) is 0 Å². The molecule has 1 aromatic rings. The molecule has 1 unspecified atom stereocenters. The molecular formula is C12H17NO3. The van der Waals surface area contributed by atoms with Gasteiger partial charge in [-0.1, -0.05) is 6.07 Å². The van der Waals surface area contributed by atoms with Crippen LogP contribution in [0.5, 0.6) is 11.5 Å². The van der Waals surface area contributed by atoms with Gasteiger partial charge in [0.15, 0.2) is 11.5 Å². The van der Waals surface area contributed by atoms with Crippen LogP contribution >= 0.6 is 0 Å². The van der Waals surface area contributed by atoms with Gasteiger partial charge in [-0.2, -0.15) is 0 Å². The number of ether oxygens (including phenoxy) is 2. The topological polar surface area (TPSA) is 64.7 Å². The number of hydrogen-bond acceptors (Lipinski definition) is 4. The fraction of sp³-hybridized carbons (Fsp3) is 0.500. The SMILES string of the molecule is CC(N)(CCCO)c1ccc2c(c1)OCO2. The zero-order valence-electron chi connectivity index (χ0n) is 9.40. The van der Waals surface area contributed by atoms with Crippen LogP contribution in [0.1, 0.15) is 25.3 Å². The van der Waals surface area contributed by atoms with Crippen molar-refractivity contribution in [2.45, 2.75) is 25.3 Å². The lowest BCUT2D eigenvalue weighted by molar-refractivity contribution is 0.174. The van der Waals surface area contributed by atoms with Crippen molar-refractivity contribution in [3.05, 3.63) is 23.8 Å². The van der Waals surface area contributed by atoms with Gasteiger partial charge in [-0.25, -0.2) is 0 Å². The minimum Gasteiger partial charge on any atom is -0.454 e. The summed E-state index contributed by atoms with van der Waals surface area (Å²) in [5.41, 5.74) is 6.77. The second kappa shape index (κ2) is 4.31. The maximum Gasteiger partial charge on any atom is 0.231 e. The highest BCUT2D eigenvalue weighted by Crippen LogP contribution is 2.36. The van der Waals surface area contributed by atoms with Gasteiger partial charge in [0.25, 0.3) is 0 Å². The van der Waals surface area contributed by atoms with Crippen LogP contribution in [-0.4, -0.2) is 18.5 Å². The van der Waals surface area contributed by atoms with Gasteiger partial charge in [-0.3, -0.25) is 0 Å². The average Bonchev–Trinajstić information content (AvgIpc) is 2.73. The van der Waals surface area contributed by atoms with Crippen molar-refractivity contribution >= 4 is 0 Å². The van der Waals surface area contributed by atoms with E-state index in [4.69, 9.17) is 20.3 Å². The van der Waals surface area contributed by atoms with Crippen LogP contribution in [0.15, 0.2) is 18.2 Å². The van der Waals surface area contributed by atoms with E-state index in [9.17, 15) is 0 Å². The van der Waals surface area contributed by atoms with Crippen LogP contribution in [0.25, 0.3) is 0 Å². The number of benzene rings is 1. The molecule has 0 radical (unpaired) electrons. The Balaban J connectivity index is 2.20. The Kier molecular flexibility index (Phi) is 3.03. The minimum absolute atomic E-state index is 0.164. The number of nitrogens with two attached hydrogens (primary N) is 1. The maximum absolute atomic E-state index is 8.83. The summed E-state index contributed by atoms with van der Waals surface area (Å²) >= 11 is 0. The van der Waals surface area contributed by atoms with E-state index in [1.165, 1.54) is 0 Å². The standard InChI is InChI=1S/C12H17NO3/c1-12(13,5-2-6-14)9-3-4-10-11(7-9)16-8-15-10/h3-4,7,14H,2,5-6,8,13H2,1H3. The molecule has 3 N–H and O–H groups in total. The summed E-state index contributed by atoms with van der Waals surface area (Å²) in [6.07, 6.45) is 1.44. The molecule has 88 valence electrons. The Hall–Kier alpha value is -1.26. The second-order valence-electron chi connectivity index (χ2n) is 4.31. The fourth-order valence-corrected chi connectivity index (χ4v) is 1.84. The van der Waals surface area contributed by atoms with E-state index in [0.29, 0.717) is 6.42 Å². The molecule has 1 aliphatic heterocycles. The largest absolute Gasteiger partial charge is 0.454 e. The molecule has 0 amide bonds. The first-order valence-corrected chi connectivity index (χ1v) is 5.43. The Bertz CT molecular complexity index is 377. The highest BCUT2D eigenvalue weighted by atomic mass is 16.7. The molecule has 1 heterocycles. The first-order chi connectivity index (χ1) is 7.63. The van der Waals surface area contributed by atoms with Gasteiger partial charge in [-0.05, 0) is 37.5 Å². The third kappa shape index (κ3) is 2.13. The molecule has 0 bridgehead atoms. The van der Waals surface area contributed by atoms with Crippen molar-refractivity contribution in [1.82, 2.24) is 0 Å². The van der Waals surface area contributed by atoms with Crippen LogP contribution in [0, 0.1) is 0 Å². The number of aliphatic hydroxyl groups is 1. The third-order valence-electron chi connectivity index (χ3n) is 2.89. The molecule has 4 heteroatoms. The zero-order valence-corrected chi connectivity index (χ0v) is 9.40. The second-order valence-corrected chi connectivity index (χ2v) is 4.31. The molecule has 4 nitrogen and oxygen atoms in total. The lowest BCUT2D eigenvalue weighted by Crippen LogP contribution is -2.33. The smallest absolute Gasteiger partial charge is 0.231 e. The van der Waals surface area contributed by atoms with Gasteiger partial charge in [0.2, 0.25) is 6.79 Å². The van der Waals surface area contributed by atoms with Crippen molar-refractivity contribution in [2.75, 3.05) is 13.4 Å². The third-order valence-corrected chi connectivity index (χ3v) is 2.89. The summed E-state index contributed by atoms with van der Waals surface area (Å²) in [5.74, 6) is 1.51. The quantitative estimate of drug-likeness (QED) is 0.809. The Morgan fingerprint density at radius 3 is 2.88 bits per heavy atom. The van der Waals surface area contributed by atoms with Crippen molar-refractivity contribution in [2.24, 2.45) is 5.73 Å². The summed E-state index contributed by atoms with van der Waals surface area (Å²) in [6.45, 7) is 2.40. The van der Waals surface area contributed by atoms with Crippen LogP contribution < -0.4 is 15.2 Å². The Labute approximate surface area is 95.0 Å². The summed E-state index contributed by atoms with van der Waals surface area (Å²) in [4.78, 5) is 0. The molecule has 0 aliphatic carbocycles. The van der Waals surface area contributed by atoms with E-state index in [-0.39, 0.29) is 13.4 Å².